The smallest absolute Gasteiger partial charge is 0.416 e. The van der Waals surface area contributed by atoms with Crippen LogP contribution in [0.2, 0.25) is 0 Å². The molecule has 2 atom stereocenters. The zero-order chi connectivity index (χ0) is 12.8. The lowest BCUT2D eigenvalue weighted by Gasteiger charge is -2.10. The number of hydrogen-bond donors (Lipinski definition) is 1. The third-order valence-electron chi connectivity index (χ3n) is 3.75. The van der Waals surface area contributed by atoms with Crippen LogP contribution in [0.1, 0.15) is 5.56 Å². The molecule has 3 rings (SSSR count). The van der Waals surface area contributed by atoms with Gasteiger partial charge in [0.15, 0.2) is 0 Å². The molecule has 2 unspecified atom stereocenters. The minimum atomic E-state index is -4.35. The molecule has 0 bridgehead atoms. The van der Waals surface area contributed by atoms with Crippen LogP contribution in [-0.2, 0) is 6.18 Å². The van der Waals surface area contributed by atoms with Gasteiger partial charge in [-0.1, -0.05) is 0 Å². The van der Waals surface area contributed by atoms with Crippen molar-refractivity contribution < 1.29 is 17.9 Å². The van der Waals surface area contributed by atoms with Gasteiger partial charge in [0.25, 0.3) is 0 Å². The van der Waals surface area contributed by atoms with Crippen LogP contribution in [0, 0.1) is 17.8 Å². The van der Waals surface area contributed by atoms with Crippen LogP contribution in [0.3, 0.4) is 0 Å². The Morgan fingerprint density at radius 2 is 2.06 bits per heavy atom. The highest BCUT2D eigenvalue weighted by molar-refractivity contribution is 5.23. The maximum absolute atomic E-state index is 12.5. The minimum Gasteiger partial charge on any atom is -0.477 e. The number of alkyl halides is 3. The second-order valence-electron chi connectivity index (χ2n) is 4.84. The van der Waals surface area contributed by atoms with Crippen LogP contribution < -0.4 is 10.1 Å². The standard InChI is InChI=1S/C12H13F3N2O/c13-12(14,15)7-1-2-17-11(3-7)18-6-10-8-4-16-5-9(8)10/h1-3,8-10,16H,4-6H2. The summed E-state index contributed by atoms with van der Waals surface area (Å²) in [6, 6.07) is 1.90. The maximum Gasteiger partial charge on any atom is 0.416 e. The third kappa shape index (κ3) is 2.16. The van der Waals surface area contributed by atoms with Gasteiger partial charge in [0.1, 0.15) is 0 Å². The summed E-state index contributed by atoms with van der Waals surface area (Å²) in [4.78, 5) is 3.81. The summed E-state index contributed by atoms with van der Waals surface area (Å²) >= 11 is 0. The topological polar surface area (TPSA) is 34.1 Å². The van der Waals surface area contributed by atoms with Crippen molar-refractivity contribution in [3.63, 3.8) is 0 Å². The van der Waals surface area contributed by atoms with Gasteiger partial charge < -0.3 is 10.1 Å². The van der Waals surface area contributed by atoms with Crippen molar-refractivity contribution in [2.75, 3.05) is 19.7 Å². The van der Waals surface area contributed by atoms with Crippen LogP contribution in [0.25, 0.3) is 0 Å². The number of nitrogens with one attached hydrogen (secondary N) is 1. The van der Waals surface area contributed by atoms with Crippen molar-refractivity contribution in [3.8, 4) is 5.88 Å². The van der Waals surface area contributed by atoms with Gasteiger partial charge >= 0.3 is 6.18 Å². The van der Waals surface area contributed by atoms with Crippen molar-refractivity contribution in [1.29, 1.82) is 0 Å². The van der Waals surface area contributed by atoms with Crippen molar-refractivity contribution >= 4 is 0 Å². The van der Waals surface area contributed by atoms with E-state index in [4.69, 9.17) is 4.74 Å². The molecule has 2 heterocycles. The number of fused-ring (bicyclic) bond motifs is 1. The fourth-order valence-electron chi connectivity index (χ4n) is 2.64. The van der Waals surface area contributed by atoms with E-state index >= 15 is 0 Å². The Morgan fingerprint density at radius 3 is 2.72 bits per heavy atom. The Labute approximate surface area is 102 Å². The molecular weight excluding hydrogens is 245 g/mol. The first kappa shape index (κ1) is 11.8. The lowest BCUT2D eigenvalue weighted by atomic mass is 10.2. The van der Waals surface area contributed by atoms with Crippen LogP contribution in [0.4, 0.5) is 13.2 Å². The van der Waals surface area contributed by atoms with Gasteiger partial charge in [0.2, 0.25) is 5.88 Å². The van der Waals surface area contributed by atoms with Crippen LogP contribution in [-0.4, -0.2) is 24.7 Å². The molecule has 1 aromatic heterocycles. The normalized spacial score (nSPS) is 30.1. The molecule has 1 saturated carbocycles. The number of aromatic nitrogens is 1. The molecule has 1 aliphatic heterocycles. The zero-order valence-electron chi connectivity index (χ0n) is 9.57. The molecule has 0 amide bonds. The molecule has 0 radical (unpaired) electrons. The quantitative estimate of drug-likeness (QED) is 0.899. The molecule has 1 aromatic rings. The van der Waals surface area contributed by atoms with Gasteiger partial charge in [0.05, 0.1) is 12.2 Å². The predicted molar refractivity (Wildman–Crippen MR) is 58.1 cm³/mol. The summed E-state index contributed by atoms with van der Waals surface area (Å²) < 4.78 is 42.8. The Bertz CT molecular complexity index is 439. The molecule has 3 nitrogen and oxygen atoms in total. The Morgan fingerprint density at radius 1 is 1.33 bits per heavy atom. The number of nitrogens with zero attached hydrogens (tertiary/aromatic N) is 1. The minimum absolute atomic E-state index is 0.0581. The van der Waals surface area contributed by atoms with E-state index in [1.165, 1.54) is 0 Å². The molecule has 18 heavy (non-hydrogen) atoms. The molecule has 2 aliphatic rings. The molecule has 1 N–H and O–H groups in total. The van der Waals surface area contributed by atoms with Crippen molar-refractivity contribution in [1.82, 2.24) is 10.3 Å². The average Bonchev–Trinajstić information content (AvgIpc) is 2.77. The fourth-order valence-corrected chi connectivity index (χ4v) is 2.64. The average molecular weight is 258 g/mol. The van der Waals surface area contributed by atoms with E-state index in [0.29, 0.717) is 24.4 Å². The summed E-state index contributed by atoms with van der Waals surface area (Å²) in [5.74, 6) is 1.80. The van der Waals surface area contributed by atoms with Crippen molar-refractivity contribution in [3.05, 3.63) is 23.9 Å². The summed E-state index contributed by atoms with van der Waals surface area (Å²) in [5.41, 5.74) is -0.717. The molecule has 1 aliphatic carbocycles. The van der Waals surface area contributed by atoms with E-state index in [1.54, 1.807) is 0 Å². The van der Waals surface area contributed by atoms with Crippen molar-refractivity contribution in [2.24, 2.45) is 17.8 Å². The summed E-state index contributed by atoms with van der Waals surface area (Å²) in [6.45, 7) is 2.45. The van der Waals surface area contributed by atoms with Gasteiger partial charge in [0, 0.05) is 18.2 Å². The van der Waals surface area contributed by atoms with Gasteiger partial charge in [-0.2, -0.15) is 13.2 Å². The van der Waals surface area contributed by atoms with E-state index in [9.17, 15) is 13.2 Å². The second-order valence-corrected chi connectivity index (χ2v) is 4.84. The largest absolute Gasteiger partial charge is 0.477 e. The van der Waals surface area contributed by atoms with E-state index < -0.39 is 11.7 Å². The summed E-state index contributed by atoms with van der Waals surface area (Å²) in [5, 5.41) is 3.26. The predicted octanol–water partition coefficient (Wildman–Crippen LogP) is 1.94. The molecule has 98 valence electrons. The molecule has 1 saturated heterocycles. The van der Waals surface area contributed by atoms with E-state index in [1.807, 2.05) is 0 Å². The van der Waals surface area contributed by atoms with Crippen LogP contribution in [0.5, 0.6) is 5.88 Å². The van der Waals surface area contributed by atoms with Crippen LogP contribution >= 0.6 is 0 Å². The Kier molecular flexibility index (Phi) is 2.69. The van der Waals surface area contributed by atoms with E-state index in [0.717, 1.165) is 31.4 Å². The lowest BCUT2D eigenvalue weighted by Crippen LogP contribution is -2.18. The van der Waals surface area contributed by atoms with Gasteiger partial charge in [-0.3, -0.25) is 0 Å². The van der Waals surface area contributed by atoms with Gasteiger partial charge in [-0.15, -0.1) is 0 Å². The number of pyridine rings is 1. The molecule has 0 aromatic carbocycles. The highest BCUT2D eigenvalue weighted by atomic mass is 19.4. The Hall–Kier alpha value is -1.30. The number of rotatable bonds is 3. The lowest BCUT2D eigenvalue weighted by molar-refractivity contribution is -0.137. The highest BCUT2D eigenvalue weighted by Crippen LogP contribution is 2.48. The van der Waals surface area contributed by atoms with E-state index in [2.05, 4.69) is 10.3 Å². The number of piperidine rings is 1. The monoisotopic (exact) mass is 258 g/mol. The number of hydrogen-bond acceptors (Lipinski definition) is 3. The molecule has 6 heteroatoms. The number of ether oxygens (including phenoxy) is 1. The molecular formula is C12H13F3N2O. The summed E-state index contributed by atoms with van der Waals surface area (Å²) in [6.07, 6.45) is -3.21. The number of halogens is 3. The van der Waals surface area contributed by atoms with Gasteiger partial charge in [-0.05, 0) is 31.0 Å². The first-order valence-corrected chi connectivity index (χ1v) is 5.92. The SMILES string of the molecule is FC(F)(F)c1ccnc(OCC2C3CNCC32)c1. The molecule has 0 spiro atoms. The van der Waals surface area contributed by atoms with E-state index in [-0.39, 0.29) is 5.88 Å². The first-order chi connectivity index (χ1) is 8.55. The second kappa shape index (κ2) is 4.12. The first-order valence-electron chi connectivity index (χ1n) is 5.92. The zero-order valence-corrected chi connectivity index (χ0v) is 9.57. The van der Waals surface area contributed by atoms with Crippen LogP contribution in [0.15, 0.2) is 18.3 Å². The highest BCUT2D eigenvalue weighted by Gasteiger charge is 2.53. The summed E-state index contributed by atoms with van der Waals surface area (Å²) in [7, 11) is 0. The van der Waals surface area contributed by atoms with Crippen molar-refractivity contribution in [2.45, 2.75) is 6.18 Å². The third-order valence-corrected chi connectivity index (χ3v) is 3.75. The van der Waals surface area contributed by atoms with Gasteiger partial charge in [-0.25, -0.2) is 4.98 Å². The molecule has 2 fully saturated rings. The Balaban J connectivity index is 1.60. The fraction of sp³-hybridized carbons (Fsp3) is 0.583. The maximum atomic E-state index is 12.5.